The minimum Gasteiger partial charge on any atom is -0.497 e. The number of nitrogens with one attached hydrogen (secondary N) is 2. The van der Waals surface area contributed by atoms with Crippen LogP contribution in [0.25, 0.3) is 0 Å². The van der Waals surface area contributed by atoms with Gasteiger partial charge in [0.25, 0.3) is 11.8 Å². The van der Waals surface area contributed by atoms with Crippen LogP contribution in [0.4, 0.5) is 0 Å². The van der Waals surface area contributed by atoms with E-state index in [2.05, 4.69) is 15.6 Å². The maximum Gasteiger partial charge on any atom is 0.254 e. The van der Waals surface area contributed by atoms with Gasteiger partial charge in [-0.3, -0.25) is 9.59 Å². The Morgan fingerprint density at radius 2 is 1.80 bits per heavy atom. The van der Waals surface area contributed by atoms with Crippen molar-refractivity contribution in [3.8, 4) is 5.75 Å². The summed E-state index contributed by atoms with van der Waals surface area (Å²) in [5, 5.41) is 21.5. The average molecular weight is 668 g/mol. The zero-order valence-corrected chi connectivity index (χ0v) is 27.5. The molecule has 3 atom stereocenters. The standard InChI is InChI=1S/C34H36Cl2N4O4S/c1-21-20-45-33(38-21)30-9-6-10-40(30)34(43)25-14-24(15-28(16-25)44-2)32(42)39-29(13-22-7-4-3-5-8-22)31(41)19-37-18-23-11-26(35)17-27(36)12-23/h3-5,7-8,11-12,14-17,20,29-31,37,41H,6,9-10,13,18-19H2,1-2H3,(H,39,42). The van der Waals surface area contributed by atoms with Gasteiger partial charge in [-0.15, -0.1) is 11.3 Å². The molecule has 8 nitrogen and oxygen atoms in total. The quantitative estimate of drug-likeness (QED) is 0.166. The minimum atomic E-state index is -0.928. The Labute approximate surface area is 277 Å². The number of aryl methyl sites for hydroxylation is 1. The molecule has 3 aromatic carbocycles. The average Bonchev–Trinajstić information content (AvgIpc) is 3.69. The molecule has 11 heteroatoms. The molecule has 5 rings (SSSR count). The van der Waals surface area contributed by atoms with Gasteiger partial charge in [-0.05, 0) is 73.7 Å². The van der Waals surface area contributed by atoms with E-state index in [4.69, 9.17) is 27.9 Å². The van der Waals surface area contributed by atoms with Gasteiger partial charge in [-0.25, -0.2) is 4.98 Å². The van der Waals surface area contributed by atoms with Crippen LogP contribution in [0.15, 0.2) is 72.1 Å². The third kappa shape index (κ3) is 8.62. The number of aliphatic hydroxyl groups is 1. The van der Waals surface area contributed by atoms with E-state index in [-0.39, 0.29) is 24.1 Å². The number of amides is 2. The van der Waals surface area contributed by atoms with Gasteiger partial charge in [0, 0.05) is 51.9 Å². The van der Waals surface area contributed by atoms with E-state index in [1.165, 1.54) is 7.11 Å². The maximum absolute atomic E-state index is 13.8. The number of hydrogen-bond acceptors (Lipinski definition) is 7. The van der Waals surface area contributed by atoms with Crippen molar-refractivity contribution in [2.75, 3.05) is 20.2 Å². The SMILES string of the molecule is COc1cc(C(=O)NC(Cc2ccccc2)C(O)CNCc2cc(Cl)cc(Cl)c2)cc(C(=O)N2CCCC2c2nc(C)cs2)c1. The molecule has 0 radical (unpaired) electrons. The summed E-state index contributed by atoms with van der Waals surface area (Å²) in [5.41, 5.74) is 3.41. The van der Waals surface area contributed by atoms with Crippen LogP contribution in [0.1, 0.15) is 61.4 Å². The first-order chi connectivity index (χ1) is 21.7. The number of carbonyl (C=O) groups excluding carboxylic acids is 2. The highest BCUT2D eigenvalue weighted by atomic mass is 35.5. The third-order valence-electron chi connectivity index (χ3n) is 7.77. The van der Waals surface area contributed by atoms with Crippen LogP contribution < -0.4 is 15.4 Å². The molecule has 0 bridgehead atoms. The normalized spacial score (nSPS) is 15.9. The third-order valence-corrected chi connectivity index (χ3v) is 9.27. The molecule has 1 fully saturated rings. The van der Waals surface area contributed by atoms with Crippen molar-refractivity contribution in [1.82, 2.24) is 20.5 Å². The monoisotopic (exact) mass is 666 g/mol. The molecule has 3 N–H and O–H groups in total. The fourth-order valence-electron chi connectivity index (χ4n) is 5.55. The lowest BCUT2D eigenvalue weighted by molar-refractivity contribution is 0.0735. The molecule has 1 aliphatic rings. The van der Waals surface area contributed by atoms with Crippen LogP contribution in [0.5, 0.6) is 5.75 Å². The lowest BCUT2D eigenvalue weighted by atomic mass is 10.00. The number of likely N-dealkylation sites (tertiary alicyclic amines) is 1. The number of carbonyl (C=O) groups is 2. The predicted molar refractivity (Wildman–Crippen MR) is 178 cm³/mol. The van der Waals surface area contributed by atoms with Crippen LogP contribution in [0, 0.1) is 6.92 Å². The van der Waals surface area contributed by atoms with Crippen molar-refractivity contribution in [2.45, 2.75) is 50.9 Å². The van der Waals surface area contributed by atoms with Crippen molar-refractivity contribution in [3.05, 3.63) is 115 Å². The predicted octanol–water partition coefficient (Wildman–Crippen LogP) is 6.24. The van der Waals surface area contributed by atoms with Crippen LogP contribution >= 0.6 is 34.5 Å². The van der Waals surface area contributed by atoms with Gasteiger partial charge in [0.15, 0.2) is 0 Å². The molecule has 0 spiro atoms. The van der Waals surface area contributed by atoms with E-state index in [0.717, 1.165) is 34.7 Å². The summed E-state index contributed by atoms with van der Waals surface area (Å²) in [5.74, 6) is -0.198. The van der Waals surface area contributed by atoms with Gasteiger partial charge >= 0.3 is 0 Å². The molecule has 45 heavy (non-hydrogen) atoms. The van der Waals surface area contributed by atoms with E-state index in [9.17, 15) is 14.7 Å². The zero-order chi connectivity index (χ0) is 31.9. The van der Waals surface area contributed by atoms with Crippen molar-refractivity contribution >= 4 is 46.4 Å². The van der Waals surface area contributed by atoms with E-state index in [1.807, 2.05) is 47.5 Å². The lowest BCUT2D eigenvalue weighted by Crippen LogP contribution is -2.48. The Kier molecular flexibility index (Phi) is 11.1. The van der Waals surface area contributed by atoms with Gasteiger partial charge in [0.2, 0.25) is 0 Å². The number of aromatic nitrogens is 1. The molecule has 236 valence electrons. The second kappa shape index (κ2) is 15.2. The molecule has 2 heterocycles. The van der Waals surface area contributed by atoms with Crippen LogP contribution in [-0.2, 0) is 13.0 Å². The van der Waals surface area contributed by atoms with Gasteiger partial charge in [-0.2, -0.15) is 0 Å². The first kappa shape index (κ1) is 32.9. The number of thiazole rings is 1. The van der Waals surface area contributed by atoms with Crippen LogP contribution in [-0.4, -0.2) is 59.1 Å². The number of aliphatic hydroxyl groups excluding tert-OH is 1. The van der Waals surface area contributed by atoms with Gasteiger partial charge < -0.3 is 25.4 Å². The molecular formula is C34H36Cl2N4O4S. The van der Waals surface area contributed by atoms with Crippen molar-refractivity contribution < 1.29 is 19.4 Å². The molecule has 0 saturated carbocycles. The van der Waals surface area contributed by atoms with Gasteiger partial charge in [-0.1, -0.05) is 53.5 Å². The fourth-order valence-corrected chi connectivity index (χ4v) is 7.07. The number of halogens is 2. The summed E-state index contributed by atoms with van der Waals surface area (Å²) < 4.78 is 5.49. The Hall–Kier alpha value is -3.47. The second-order valence-electron chi connectivity index (χ2n) is 11.2. The molecule has 3 unspecified atom stereocenters. The maximum atomic E-state index is 13.8. The summed E-state index contributed by atoms with van der Waals surface area (Å²) >= 11 is 13.8. The van der Waals surface area contributed by atoms with Gasteiger partial charge in [0.1, 0.15) is 10.8 Å². The number of rotatable bonds is 12. The number of benzene rings is 3. The summed E-state index contributed by atoms with van der Waals surface area (Å²) in [4.78, 5) is 33.9. The Bertz CT molecular complexity index is 1610. The lowest BCUT2D eigenvalue weighted by Gasteiger charge is -2.26. The molecule has 1 saturated heterocycles. The summed E-state index contributed by atoms with van der Waals surface area (Å²) in [6.45, 7) is 3.20. The van der Waals surface area contributed by atoms with Crippen LogP contribution in [0.3, 0.4) is 0 Å². The molecular weight excluding hydrogens is 631 g/mol. The molecule has 0 aliphatic carbocycles. The van der Waals surface area contributed by atoms with E-state index < -0.39 is 18.1 Å². The fraction of sp³-hybridized carbons (Fsp3) is 0.324. The topological polar surface area (TPSA) is 104 Å². The first-order valence-electron chi connectivity index (χ1n) is 14.8. The molecule has 1 aliphatic heterocycles. The zero-order valence-electron chi connectivity index (χ0n) is 25.1. The van der Waals surface area contributed by atoms with E-state index in [1.54, 1.807) is 47.7 Å². The van der Waals surface area contributed by atoms with Crippen molar-refractivity contribution in [3.63, 3.8) is 0 Å². The van der Waals surface area contributed by atoms with E-state index in [0.29, 0.717) is 40.9 Å². The Balaban J connectivity index is 1.32. The van der Waals surface area contributed by atoms with Crippen molar-refractivity contribution in [1.29, 1.82) is 0 Å². The van der Waals surface area contributed by atoms with Crippen LogP contribution in [0.2, 0.25) is 10.0 Å². The highest BCUT2D eigenvalue weighted by Crippen LogP contribution is 2.35. The number of nitrogens with zero attached hydrogens (tertiary/aromatic N) is 2. The largest absolute Gasteiger partial charge is 0.497 e. The second-order valence-corrected chi connectivity index (χ2v) is 12.9. The summed E-state index contributed by atoms with van der Waals surface area (Å²) in [6.07, 6.45) is 1.19. The number of ether oxygens (including phenoxy) is 1. The minimum absolute atomic E-state index is 0.0967. The Morgan fingerprint density at radius 3 is 2.49 bits per heavy atom. The smallest absolute Gasteiger partial charge is 0.254 e. The summed E-state index contributed by atoms with van der Waals surface area (Å²) in [6, 6.07) is 19.1. The summed E-state index contributed by atoms with van der Waals surface area (Å²) in [7, 11) is 1.50. The first-order valence-corrected chi connectivity index (χ1v) is 16.4. The number of hydrogen-bond donors (Lipinski definition) is 3. The van der Waals surface area contributed by atoms with E-state index >= 15 is 0 Å². The number of methoxy groups -OCH3 is 1. The molecule has 1 aromatic heterocycles. The Morgan fingerprint density at radius 1 is 1.07 bits per heavy atom. The molecule has 2 amide bonds. The highest BCUT2D eigenvalue weighted by molar-refractivity contribution is 7.09. The molecule has 4 aromatic rings. The van der Waals surface area contributed by atoms with Crippen molar-refractivity contribution in [2.24, 2.45) is 0 Å². The highest BCUT2D eigenvalue weighted by Gasteiger charge is 2.33. The van der Waals surface area contributed by atoms with Gasteiger partial charge in [0.05, 0.1) is 25.3 Å².